The lowest BCUT2D eigenvalue weighted by molar-refractivity contribution is -0.121. The fourth-order valence-corrected chi connectivity index (χ4v) is 4.62. The normalized spacial score (nSPS) is 21.3. The third-order valence-corrected chi connectivity index (χ3v) is 6.20. The molecule has 6 nitrogen and oxygen atoms in total. The van der Waals surface area contributed by atoms with Crippen LogP contribution in [-0.2, 0) is 9.53 Å². The number of amides is 1. The summed E-state index contributed by atoms with van der Waals surface area (Å²) in [5, 5.41) is 3.52. The highest BCUT2D eigenvalue weighted by Gasteiger charge is 2.36. The van der Waals surface area contributed by atoms with Gasteiger partial charge >= 0.3 is 0 Å². The van der Waals surface area contributed by atoms with Gasteiger partial charge in [0.1, 0.15) is 11.8 Å². The topological polar surface area (TPSA) is 54.0 Å². The Bertz CT molecular complexity index is 858. The third kappa shape index (κ3) is 4.78. The van der Waals surface area contributed by atoms with Crippen LogP contribution in [0, 0.1) is 0 Å². The highest BCUT2D eigenvalue weighted by molar-refractivity contribution is 6.32. The van der Waals surface area contributed by atoms with Crippen molar-refractivity contribution in [2.75, 3.05) is 51.8 Å². The fraction of sp³-hybridized carbons (Fsp3) is 0.435. The summed E-state index contributed by atoms with van der Waals surface area (Å²) in [4.78, 5) is 18.2. The van der Waals surface area contributed by atoms with Gasteiger partial charge in [-0.1, -0.05) is 41.9 Å². The molecule has 2 fully saturated rings. The van der Waals surface area contributed by atoms with E-state index >= 15 is 0 Å². The Morgan fingerprint density at radius 1 is 1.17 bits per heavy atom. The van der Waals surface area contributed by atoms with Crippen LogP contribution in [0.4, 0.5) is 5.69 Å². The van der Waals surface area contributed by atoms with E-state index in [4.69, 9.17) is 21.1 Å². The molecule has 160 valence electrons. The smallest absolute Gasteiger partial charge is 0.246 e. The summed E-state index contributed by atoms with van der Waals surface area (Å²) < 4.78 is 10.7. The largest absolute Gasteiger partial charge is 0.495 e. The van der Waals surface area contributed by atoms with Crippen molar-refractivity contribution in [3.05, 3.63) is 59.1 Å². The molecule has 2 aliphatic rings. The zero-order chi connectivity index (χ0) is 20.9. The predicted molar refractivity (Wildman–Crippen MR) is 118 cm³/mol. The maximum atomic E-state index is 13.4. The maximum absolute atomic E-state index is 13.4. The van der Waals surface area contributed by atoms with E-state index in [-0.39, 0.29) is 11.9 Å². The average Bonchev–Trinajstić information content (AvgIpc) is 3.25. The van der Waals surface area contributed by atoms with Gasteiger partial charge in [0.2, 0.25) is 5.91 Å². The number of ether oxygens (including phenoxy) is 2. The summed E-state index contributed by atoms with van der Waals surface area (Å²) in [5.41, 5.74) is 1.66. The first-order valence-electron chi connectivity index (χ1n) is 10.4. The molecule has 0 saturated carbocycles. The summed E-state index contributed by atoms with van der Waals surface area (Å²) in [5.74, 6) is 0.534. The molecule has 30 heavy (non-hydrogen) atoms. The van der Waals surface area contributed by atoms with E-state index in [1.54, 1.807) is 19.2 Å². The van der Waals surface area contributed by atoms with Gasteiger partial charge < -0.3 is 14.8 Å². The van der Waals surface area contributed by atoms with E-state index in [9.17, 15) is 4.79 Å². The highest BCUT2D eigenvalue weighted by atomic mass is 35.5. The van der Waals surface area contributed by atoms with Crippen LogP contribution in [-0.4, -0.2) is 68.3 Å². The molecule has 2 aliphatic heterocycles. The number of benzene rings is 2. The van der Waals surface area contributed by atoms with Crippen molar-refractivity contribution in [3.63, 3.8) is 0 Å². The van der Waals surface area contributed by atoms with Gasteiger partial charge in [-0.15, -0.1) is 0 Å². The lowest BCUT2D eigenvalue weighted by atomic mass is 10.0. The van der Waals surface area contributed by atoms with E-state index in [0.717, 1.165) is 51.4 Å². The number of nitrogens with one attached hydrogen (secondary N) is 1. The van der Waals surface area contributed by atoms with E-state index < -0.39 is 0 Å². The van der Waals surface area contributed by atoms with Gasteiger partial charge in [-0.2, -0.15) is 0 Å². The molecule has 0 bridgehead atoms. The van der Waals surface area contributed by atoms with Crippen LogP contribution in [0.2, 0.25) is 5.02 Å². The molecule has 0 aliphatic carbocycles. The molecule has 7 heteroatoms. The molecule has 0 aromatic heterocycles. The molecule has 2 unspecified atom stereocenters. The molecule has 2 aromatic rings. The summed E-state index contributed by atoms with van der Waals surface area (Å²) in [6.45, 7) is 5.26. The van der Waals surface area contributed by atoms with E-state index in [0.29, 0.717) is 22.5 Å². The Morgan fingerprint density at radius 3 is 2.63 bits per heavy atom. The van der Waals surface area contributed by atoms with Crippen molar-refractivity contribution in [2.45, 2.75) is 18.5 Å². The molecular weight excluding hydrogens is 402 g/mol. The van der Waals surface area contributed by atoms with Crippen molar-refractivity contribution >= 4 is 23.2 Å². The number of nitrogens with zero attached hydrogens (tertiary/aromatic N) is 2. The predicted octanol–water partition coefficient (Wildman–Crippen LogP) is 3.43. The molecule has 1 N–H and O–H groups in total. The first-order chi connectivity index (χ1) is 14.7. The van der Waals surface area contributed by atoms with Crippen molar-refractivity contribution in [1.29, 1.82) is 0 Å². The first kappa shape index (κ1) is 21.1. The Labute approximate surface area is 182 Å². The minimum absolute atomic E-state index is 0.0509. The third-order valence-electron chi connectivity index (χ3n) is 5.91. The van der Waals surface area contributed by atoms with Gasteiger partial charge in [-0.3, -0.25) is 14.6 Å². The van der Waals surface area contributed by atoms with Gasteiger partial charge in [-0.05, 0) is 30.2 Å². The molecule has 2 atom stereocenters. The van der Waals surface area contributed by atoms with E-state index in [2.05, 4.69) is 15.1 Å². The summed E-state index contributed by atoms with van der Waals surface area (Å²) >= 11 is 6.24. The number of likely N-dealkylation sites (tertiary alicyclic amines) is 1. The minimum atomic E-state index is -0.349. The molecule has 2 saturated heterocycles. The average molecular weight is 430 g/mol. The Hall–Kier alpha value is -2.12. The van der Waals surface area contributed by atoms with Gasteiger partial charge in [0.15, 0.2) is 0 Å². The summed E-state index contributed by atoms with van der Waals surface area (Å²) in [6, 6.07) is 15.4. The molecule has 0 spiro atoms. The number of halogens is 1. The van der Waals surface area contributed by atoms with Crippen molar-refractivity contribution < 1.29 is 14.3 Å². The van der Waals surface area contributed by atoms with Gasteiger partial charge in [0, 0.05) is 37.9 Å². The summed E-state index contributed by atoms with van der Waals surface area (Å²) in [7, 11) is 1.57. The van der Waals surface area contributed by atoms with Crippen LogP contribution in [0.15, 0.2) is 48.5 Å². The summed E-state index contributed by atoms with van der Waals surface area (Å²) in [6.07, 6.45) is 1.06. The zero-order valence-electron chi connectivity index (χ0n) is 17.2. The van der Waals surface area contributed by atoms with Crippen molar-refractivity contribution in [1.82, 2.24) is 9.80 Å². The van der Waals surface area contributed by atoms with Crippen LogP contribution < -0.4 is 10.1 Å². The number of hydrogen-bond acceptors (Lipinski definition) is 5. The first-order valence-corrected chi connectivity index (χ1v) is 10.8. The molecule has 2 heterocycles. The second-order valence-corrected chi connectivity index (χ2v) is 8.14. The number of morpholine rings is 1. The molecule has 4 rings (SSSR count). The Kier molecular flexibility index (Phi) is 6.89. The van der Waals surface area contributed by atoms with Crippen molar-refractivity contribution in [3.8, 4) is 5.75 Å². The second kappa shape index (κ2) is 9.79. The van der Waals surface area contributed by atoms with Gasteiger partial charge in [0.25, 0.3) is 0 Å². The number of anilines is 1. The van der Waals surface area contributed by atoms with Gasteiger partial charge in [0.05, 0.1) is 25.3 Å². The number of carbonyl (C=O) groups excluding carboxylic acids is 1. The minimum Gasteiger partial charge on any atom is -0.495 e. The van der Waals surface area contributed by atoms with Crippen LogP contribution in [0.1, 0.15) is 18.0 Å². The number of hydrogen-bond donors (Lipinski definition) is 1. The zero-order valence-corrected chi connectivity index (χ0v) is 18.0. The molecule has 1 amide bonds. The van der Waals surface area contributed by atoms with Crippen LogP contribution in [0.5, 0.6) is 5.75 Å². The Balaban J connectivity index is 1.51. The number of methoxy groups -OCH3 is 1. The maximum Gasteiger partial charge on any atom is 0.246 e. The molecular formula is C23H28ClN3O3. The standard InChI is InChI=1S/C23H28ClN3O3/c1-29-21-8-7-18(15-20(21)24)25-23(28)22(17-5-3-2-4-6-17)27-10-9-19(16-27)26-11-13-30-14-12-26/h2-8,15,19,22H,9-14,16H2,1H3,(H,25,28). The SMILES string of the molecule is COc1ccc(NC(=O)C(c2ccccc2)N2CCC(N3CCOCC3)C2)cc1Cl. The molecule has 0 radical (unpaired) electrons. The monoisotopic (exact) mass is 429 g/mol. The second-order valence-electron chi connectivity index (χ2n) is 7.74. The van der Waals surface area contributed by atoms with Crippen molar-refractivity contribution in [2.24, 2.45) is 0 Å². The quantitative estimate of drug-likeness (QED) is 0.762. The van der Waals surface area contributed by atoms with E-state index in [1.807, 2.05) is 36.4 Å². The molecule has 2 aromatic carbocycles. The van der Waals surface area contributed by atoms with Crippen LogP contribution >= 0.6 is 11.6 Å². The van der Waals surface area contributed by atoms with E-state index in [1.165, 1.54) is 0 Å². The van der Waals surface area contributed by atoms with Crippen LogP contribution in [0.25, 0.3) is 0 Å². The fourth-order valence-electron chi connectivity index (χ4n) is 4.36. The highest BCUT2D eigenvalue weighted by Crippen LogP contribution is 2.31. The van der Waals surface area contributed by atoms with Crippen LogP contribution in [0.3, 0.4) is 0 Å². The lowest BCUT2D eigenvalue weighted by Gasteiger charge is -2.33. The number of rotatable bonds is 6. The number of carbonyl (C=O) groups is 1. The van der Waals surface area contributed by atoms with Gasteiger partial charge in [-0.25, -0.2) is 0 Å². The lowest BCUT2D eigenvalue weighted by Crippen LogP contribution is -2.45. The Morgan fingerprint density at radius 2 is 1.93 bits per heavy atom.